The first-order valence-corrected chi connectivity index (χ1v) is 5.75. The first-order chi connectivity index (χ1) is 8.97. The summed E-state index contributed by atoms with van der Waals surface area (Å²) in [6, 6.07) is 4.70. The van der Waals surface area contributed by atoms with E-state index in [1.54, 1.807) is 19.1 Å². The zero-order chi connectivity index (χ0) is 14.4. The number of carboxylic acid groups (broad SMARTS) is 1. The molecule has 7 heteroatoms. The molecule has 0 aliphatic carbocycles. The van der Waals surface area contributed by atoms with Crippen LogP contribution in [0, 0.1) is 16.0 Å². The SMILES string of the molecule is COc1cccc(NCCC(C)C(=O)O)c1[N+](=O)[O-]. The van der Waals surface area contributed by atoms with Crippen molar-refractivity contribution < 1.29 is 19.6 Å². The first kappa shape index (κ1) is 14.7. The molecular weight excluding hydrogens is 252 g/mol. The lowest BCUT2D eigenvalue weighted by Crippen LogP contribution is -2.15. The summed E-state index contributed by atoms with van der Waals surface area (Å²) in [6.07, 6.45) is 0.379. The normalized spacial score (nSPS) is 11.7. The Kier molecular flexibility index (Phi) is 5.11. The van der Waals surface area contributed by atoms with E-state index in [1.807, 2.05) is 0 Å². The van der Waals surface area contributed by atoms with Gasteiger partial charge < -0.3 is 15.2 Å². The molecule has 1 aromatic carbocycles. The predicted octanol–water partition coefficient (Wildman–Crippen LogP) is 2.13. The molecule has 1 unspecified atom stereocenters. The smallest absolute Gasteiger partial charge is 0.333 e. The number of nitrogens with one attached hydrogen (secondary N) is 1. The molecule has 19 heavy (non-hydrogen) atoms. The summed E-state index contributed by atoms with van der Waals surface area (Å²) >= 11 is 0. The van der Waals surface area contributed by atoms with Crippen LogP contribution in [0.3, 0.4) is 0 Å². The molecule has 0 aromatic heterocycles. The third-order valence-electron chi connectivity index (χ3n) is 2.72. The molecule has 0 aliphatic heterocycles. The number of nitrogens with zero attached hydrogens (tertiary/aromatic N) is 1. The van der Waals surface area contributed by atoms with Crippen molar-refractivity contribution in [3.8, 4) is 5.75 Å². The fraction of sp³-hybridized carbons (Fsp3) is 0.417. The van der Waals surface area contributed by atoms with Crippen LogP contribution in [-0.2, 0) is 4.79 Å². The van der Waals surface area contributed by atoms with Crippen LogP contribution in [-0.4, -0.2) is 29.7 Å². The molecule has 0 heterocycles. The van der Waals surface area contributed by atoms with Gasteiger partial charge in [0.2, 0.25) is 0 Å². The number of hydrogen-bond acceptors (Lipinski definition) is 5. The minimum Gasteiger partial charge on any atom is -0.490 e. The Balaban J connectivity index is 2.78. The highest BCUT2D eigenvalue weighted by Gasteiger charge is 2.20. The van der Waals surface area contributed by atoms with Gasteiger partial charge in [-0.05, 0) is 18.6 Å². The molecule has 0 amide bonds. The second-order valence-corrected chi connectivity index (χ2v) is 4.07. The Labute approximate surface area is 110 Å². The fourth-order valence-corrected chi connectivity index (χ4v) is 1.56. The van der Waals surface area contributed by atoms with Gasteiger partial charge in [0.15, 0.2) is 5.75 Å². The van der Waals surface area contributed by atoms with Crippen molar-refractivity contribution in [3.05, 3.63) is 28.3 Å². The average molecular weight is 268 g/mol. The second-order valence-electron chi connectivity index (χ2n) is 4.07. The quantitative estimate of drug-likeness (QED) is 0.580. The molecule has 0 saturated carbocycles. The zero-order valence-corrected chi connectivity index (χ0v) is 10.8. The van der Waals surface area contributed by atoms with Crippen LogP contribution in [0.5, 0.6) is 5.75 Å². The van der Waals surface area contributed by atoms with E-state index in [2.05, 4.69) is 5.32 Å². The molecule has 0 spiro atoms. The molecule has 0 fully saturated rings. The summed E-state index contributed by atoms with van der Waals surface area (Å²) in [7, 11) is 1.36. The minimum atomic E-state index is -0.887. The van der Waals surface area contributed by atoms with Gasteiger partial charge in [-0.15, -0.1) is 0 Å². The molecule has 0 saturated heterocycles. The molecule has 104 valence electrons. The van der Waals surface area contributed by atoms with Gasteiger partial charge in [-0.2, -0.15) is 0 Å². The largest absolute Gasteiger partial charge is 0.490 e. The van der Waals surface area contributed by atoms with Crippen molar-refractivity contribution in [1.82, 2.24) is 0 Å². The monoisotopic (exact) mass is 268 g/mol. The van der Waals surface area contributed by atoms with Crippen molar-refractivity contribution in [2.45, 2.75) is 13.3 Å². The van der Waals surface area contributed by atoms with E-state index in [1.165, 1.54) is 13.2 Å². The molecule has 1 atom stereocenters. The number of hydrogen-bond donors (Lipinski definition) is 2. The lowest BCUT2D eigenvalue weighted by atomic mass is 10.1. The van der Waals surface area contributed by atoms with Crippen LogP contribution in [0.2, 0.25) is 0 Å². The summed E-state index contributed by atoms with van der Waals surface area (Å²) in [5.74, 6) is -1.22. The van der Waals surface area contributed by atoms with Crippen LogP contribution in [0.1, 0.15) is 13.3 Å². The summed E-state index contributed by atoms with van der Waals surface area (Å²) in [6.45, 7) is 1.92. The molecule has 1 aromatic rings. The van der Waals surface area contributed by atoms with Gasteiger partial charge in [-0.25, -0.2) is 0 Å². The number of nitro benzene ring substituents is 1. The van der Waals surface area contributed by atoms with Crippen molar-refractivity contribution >= 4 is 17.3 Å². The number of ether oxygens (including phenoxy) is 1. The van der Waals surface area contributed by atoms with Crippen LogP contribution in [0.25, 0.3) is 0 Å². The van der Waals surface area contributed by atoms with Gasteiger partial charge in [0, 0.05) is 6.54 Å². The maximum Gasteiger partial charge on any atom is 0.333 e. The van der Waals surface area contributed by atoms with Crippen molar-refractivity contribution in [2.24, 2.45) is 5.92 Å². The number of benzene rings is 1. The number of rotatable bonds is 7. The highest BCUT2D eigenvalue weighted by molar-refractivity contribution is 5.70. The van der Waals surface area contributed by atoms with E-state index < -0.39 is 16.8 Å². The average Bonchev–Trinajstić information content (AvgIpc) is 2.37. The van der Waals surface area contributed by atoms with Crippen LogP contribution >= 0.6 is 0 Å². The van der Waals surface area contributed by atoms with Gasteiger partial charge >= 0.3 is 11.7 Å². The summed E-state index contributed by atoms with van der Waals surface area (Å²) in [5.41, 5.74) is 0.176. The van der Waals surface area contributed by atoms with Crippen molar-refractivity contribution in [3.63, 3.8) is 0 Å². The van der Waals surface area contributed by atoms with Crippen molar-refractivity contribution in [1.29, 1.82) is 0 Å². The number of methoxy groups -OCH3 is 1. The molecule has 1 rings (SSSR count). The van der Waals surface area contributed by atoms with E-state index in [4.69, 9.17) is 9.84 Å². The van der Waals surface area contributed by atoms with Crippen molar-refractivity contribution in [2.75, 3.05) is 19.0 Å². The Bertz CT molecular complexity index is 475. The second kappa shape index (κ2) is 6.58. The molecule has 0 aliphatic rings. The van der Waals surface area contributed by atoms with Crippen LogP contribution < -0.4 is 10.1 Å². The van der Waals surface area contributed by atoms with Crippen LogP contribution in [0.15, 0.2) is 18.2 Å². The third-order valence-corrected chi connectivity index (χ3v) is 2.72. The van der Waals surface area contributed by atoms with E-state index in [0.717, 1.165) is 0 Å². The lowest BCUT2D eigenvalue weighted by Gasteiger charge is -2.10. The van der Waals surface area contributed by atoms with Crippen LogP contribution in [0.4, 0.5) is 11.4 Å². The lowest BCUT2D eigenvalue weighted by molar-refractivity contribution is -0.384. The zero-order valence-electron chi connectivity index (χ0n) is 10.8. The summed E-state index contributed by atoms with van der Waals surface area (Å²) in [5, 5.41) is 22.6. The predicted molar refractivity (Wildman–Crippen MR) is 69.6 cm³/mol. The number of para-hydroxylation sites is 1. The Hall–Kier alpha value is -2.31. The molecular formula is C12H16N2O5. The number of anilines is 1. The molecule has 7 nitrogen and oxygen atoms in total. The van der Waals surface area contributed by atoms with Gasteiger partial charge in [0.1, 0.15) is 5.69 Å². The standard InChI is InChI=1S/C12H16N2O5/c1-8(12(15)16)6-7-13-9-4-3-5-10(19-2)11(9)14(17)18/h3-5,8,13H,6-7H2,1-2H3,(H,15,16). The highest BCUT2D eigenvalue weighted by atomic mass is 16.6. The summed E-state index contributed by atoms with van der Waals surface area (Å²) in [4.78, 5) is 21.1. The third kappa shape index (κ3) is 3.84. The Morgan fingerprint density at radius 2 is 2.26 bits per heavy atom. The van der Waals surface area contributed by atoms with E-state index in [9.17, 15) is 14.9 Å². The van der Waals surface area contributed by atoms with E-state index in [0.29, 0.717) is 18.7 Å². The van der Waals surface area contributed by atoms with E-state index >= 15 is 0 Å². The molecule has 0 bridgehead atoms. The maximum atomic E-state index is 11.0. The number of carbonyl (C=O) groups is 1. The van der Waals surface area contributed by atoms with Gasteiger partial charge in [-0.1, -0.05) is 13.0 Å². The van der Waals surface area contributed by atoms with E-state index in [-0.39, 0.29) is 11.4 Å². The maximum absolute atomic E-state index is 11.0. The molecule has 2 N–H and O–H groups in total. The number of nitro groups is 1. The minimum absolute atomic E-state index is 0.145. The first-order valence-electron chi connectivity index (χ1n) is 5.75. The fourth-order valence-electron chi connectivity index (χ4n) is 1.56. The summed E-state index contributed by atoms with van der Waals surface area (Å²) < 4.78 is 4.94. The topological polar surface area (TPSA) is 102 Å². The number of aliphatic carboxylic acids is 1. The number of carboxylic acids is 1. The van der Waals surface area contributed by atoms with Gasteiger partial charge in [-0.3, -0.25) is 14.9 Å². The Morgan fingerprint density at radius 3 is 2.79 bits per heavy atom. The highest BCUT2D eigenvalue weighted by Crippen LogP contribution is 2.34. The molecule has 0 radical (unpaired) electrons. The Morgan fingerprint density at radius 1 is 1.58 bits per heavy atom. The van der Waals surface area contributed by atoms with Gasteiger partial charge in [0.05, 0.1) is 18.0 Å². The van der Waals surface area contributed by atoms with Gasteiger partial charge in [0.25, 0.3) is 0 Å².